The fourth-order valence-corrected chi connectivity index (χ4v) is 3.08. The van der Waals surface area contributed by atoms with Crippen LogP contribution in [0.3, 0.4) is 0 Å². The molecule has 0 unspecified atom stereocenters. The van der Waals surface area contributed by atoms with E-state index in [1.165, 1.54) is 11.1 Å². The van der Waals surface area contributed by atoms with Crippen molar-refractivity contribution >= 4 is 6.03 Å². The smallest absolute Gasteiger partial charge is 0.315 e. The maximum Gasteiger partial charge on any atom is 0.315 e. The number of carbonyl (C=O) groups excluding carboxylic acids is 1. The second-order valence-electron chi connectivity index (χ2n) is 6.43. The standard InChI is InChI=1S/C20H24N2O3/c1-14-5-4-7-17(11-14)25-13-16(23)12-21-20(24)22-19-10-9-15-6-2-3-8-18(15)19/h2-8,11,16,19,23H,9-10,12-13H2,1H3,(H2,21,22,24)/t16-,19-/m1/s1. The Hall–Kier alpha value is -2.53. The summed E-state index contributed by atoms with van der Waals surface area (Å²) in [5.41, 5.74) is 3.57. The van der Waals surface area contributed by atoms with Gasteiger partial charge in [0.25, 0.3) is 0 Å². The first kappa shape index (κ1) is 17.3. The highest BCUT2D eigenvalue weighted by atomic mass is 16.5. The number of aryl methyl sites for hydroxylation is 2. The minimum Gasteiger partial charge on any atom is -0.491 e. The zero-order chi connectivity index (χ0) is 17.6. The van der Waals surface area contributed by atoms with Crippen molar-refractivity contribution in [3.05, 3.63) is 65.2 Å². The first-order chi connectivity index (χ1) is 12.1. The van der Waals surface area contributed by atoms with E-state index in [0.717, 1.165) is 18.4 Å². The molecule has 3 rings (SSSR count). The predicted octanol–water partition coefficient (Wildman–Crippen LogP) is 2.72. The SMILES string of the molecule is Cc1cccc(OC[C@H](O)CNC(=O)N[C@@H]2CCc3ccccc32)c1. The van der Waals surface area contributed by atoms with Gasteiger partial charge in [-0.25, -0.2) is 4.79 Å². The molecule has 0 spiro atoms. The number of aliphatic hydroxyl groups is 1. The first-order valence-corrected chi connectivity index (χ1v) is 8.61. The summed E-state index contributed by atoms with van der Waals surface area (Å²) < 4.78 is 5.54. The van der Waals surface area contributed by atoms with E-state index >= 15 is 0 Å². The lowest BCUT2D eigenvalue weighted by atomic mass is 10.1. The van der Waals surface area contributed by atoms with Crippen molar-refractivity contribution in [3.63, 3.8) is 0 Å². The average molecular weight is 340 g/mol. The van der Waals surface area contributed by atoms with E-state index in [4.69, 9.17) is 4.74 Å². The quantitative estimate of drug-likeness (QED) is 0.757. The summed E-state index contributed by atoms with van der Waals surface area (Å²) in [6.45, 7) is 2.26. The van der Waals surface area contributed by atoms with E-state index in [1.807, 2.05) is 43.3 Å². The van der Waals surface area contributed by atoms with Crippen molar-refractivity contribution in [1.29, 1.82) is 0 Å². The van der Waals surface area contributed by atoms with Gasteiger partial charge in [0, 0.05) is 6.54 Å². The van der Waals surface area contributed by atoms with Gasteiger partial charge in [-0.2, -0.15) is 0 Å². The second-order valence-corrected chi connectivity index (χ2v) is 6.43. The van der Waals surface area contributed by atoms with Crippen molar-refractivity contribution in [2.45, 2.75) is 31.9 Å². The summed E-state index contributed by atoms with van der Waals surface area (Å²) in [6.07, 6.45) is 1.13. The molecular weight excluding hydrogens is 316 g/mol. The number of nitrogens with one attached hydrogen (secondary N) is 2. The normalized spacial score (nSPS) is 16.8. The van der Waals surface area contributed by atoms with Crippen LogP contribution >= 0.6 is 0 Å². The molecule has 0 heterocycles. The van der Waals surface area contributed by atoms with Crippen LogP contribution in [0.4, 0.5) is 4.79 Å². The lowest BCUT2D eigenvalue weighted by molar-refractivity contribution is 0.107. The molecule has 2 aromatic rings. The van der Waals surface area contributed by atoms with Crippen LogP contribution in [0.15, 0.2) is 48.5 Å². The second kappa shape index (κ2) is 8.03. The van der Waals surface area contributed by atoms with Crippen LogP contribution in [0.2, 0.25) is 0 Å². The fourth-order valence-electron chi connectivity index (χ4n) is 3.08. The van der Waals surface area contributed by atoms with Crippen molar-refractivity contribution in [2.75, 3.05) is 13.2 Å². The Labute approximate surface area is 148 Å². The highest BCUT2D eigenvalue weighted by molar-refractivity contribution is 5.74. The number of ether oxygens (including phenoxy) is 1. The molecule has 5 nitrogen and oxygen atoms in total. The summed E-state index contributed by atoms with van der Waals surface area (Å²) in [5.74, 6) is 0.714. The number of carbonyl (C=O) groups is 1. The van der Waals surface area contributed by atoms with Crippen LogP contribution in [0, 0.1) is 6.92 Å². The van der Waals surface area contributed by atoms with Gasteiger partial charge in [0.1, 0.15) is 18.5 Å². The highest BCUT2D eigenvalue weighted by Crippen LogP contribution is 2.30. The topological polar surface area (TPSA) is 70.6 Å². The maximum atomic E-state index is 12.1. The molecule has 3 N–H and O–H groups in total. The maximum absolute atomic E-state index is 12.1. The Morgan fingerprint density at radius 1 is 1.28 bits per heavy atom. The largest absolute Gasteiger partial charge is 0.491 e. The molecule has 0 saturated heterocycles. The lowest BCUT2D eigenvalue weighted by Gasteiger charge is -2.17. The summed E-state index contributed by atoms with van der Waals surface area (Å²) in [4.78, 5) is 12.1. The van der Waals surface area contributed by atoms with E-state index in [0.29, 0.717) is 5.75 Å². The number of amides is 2. The summed E-state index contributed by atoms with van der Waals surface area (Å²) >= 11 is 0. The summed E-state index contributed by atoms with van der Waals surface area (Å²) in [7, 11) is 0. The average Bonchev–Trinajstić information content (AvgIpc) is 3.01. The van der Waals surface area contributed by atoms with Gasteiger partial charge in [0.05, 0.1) is 6.04 Å². The molecule has 2 atom stereocenters. The van der Waals surface area contributed by atoms with E-state index in [9.17, 15) is 9.90 Å². The molecule has 5 heteroatoms. The minimum absolute atomic E-state index is 0.0388. The van der Waals surface area contributed by atoms with Crippen molar-refractivity contribution < 1.29 is 14.6 Å². The zero-order valence-electron chi connectivity index (χ0n) is 14.4. The van der Waals surface area contributed by atoms with Crippen LogP contribution in [0.1, 0.15) is 29.2 Å². The van der Waals surface area contributed by atoms with Gasteiger partial charge >= 0.3 is 6.03 Å². The Bertz CT molecular complexity index is 732. The van der Waals surface area contributed by atoms with Crippen LogP contribution in [-0.4, -0.2) is 30.4 Å². The molecule has 132 valence electrons. The number of urea groups is 1. The number of rotatable bonds is 6. The molecule has 0 aromatic heterocycles. The van der Waals surface area contributed by atoms with Crippen molar-refractivity contribution in [1.82, 2.24) is 10.6 Å². The Morgan fingerprint density at radius 2 is 2.12 bits per heavy atom. The molecule has 2 aromatic carbocycles. The van der Waals surface area contributed by atoms with E-state index in [1.54, 1.807) is 0 Å². The predicted molar refractivity (Wildman–Crippen MR) is 96.7 cm³/mol. The highest BCUT2D eigenvalue weighted by Gasteiger charge is 2.23. The van der Waals surface area contributed by atoms with Crippen LogP contribution in [0.25, 0.3) is 0 Å². The van der Waals surface area contributed by atoms with Crippen molar-refractivity contribution in [3.8, 4) is 5.75 Å². The van der Waals surface area contributed by atoms with Gasteiger partial charge in [0.15, 0.2) is 0 Å². The molecule has 1 aliphatic rings. The van der Waals surface area contributed by atoms with Crippen molar-refractivity contribution in [2.24, 2.45) is 0 Å². The number of fused-ring (bicyclic) bond motifs is 1. The number of hydrogen-bond donors (Lipinski definition) is 3. The molecule has 1 aliphatic carbocycles. The summed E-state index contributed by atoms with van der Waals surface area (Å²) in [5, 5.41) is 15.7. The molecular formula is C20H24N2O3. The van der Waals surface area contributed by atoms with Gasteiger partial charge in [-0.3, -0.25) is 0 Å². The third-order valence-corrected chi connectivity index (χ3v) is 4.37. The van der Waals surface area contributed by atoms with Gasteiger partial charge in [-0.15, -0.1) is 0 Å². The molecule has 2 amide bonds. The first-order valence-electron chi connectivity index (χ1n) is 8.61. The monoisotopic (exact) mass is 340 g/mol. The van der Waals surface area contributed by atoms with Gasteiger partial charge in [-0.1, -0.05) is 36.4 Å². The molecule has 0 aliphatic heterocycles. The Balaban J connectivity index is 1.40. The molecule has 25 heavy (non-hydrogen) atoms. The van der Waals surface area contributed by atoms with Gasteiger partial charge < -0.3 is 20.5 Å². The van der Waals surface area contributed by atoms with Crippen LogP contribution < -0.4 is 15.4 Å². The van der Waals surface area contributed by atoms with E-state index in [2.05, 4.69) is 22.8 Å². The van der Waals surface area contributed by atoms with E-state index < -0.39 is 6.10 Å². The third-order valence-electron chi connectivity index (χ3n) is 4.37. The molecule has 0 bridgehead atoms. The summed E-state index contributed by atoms with van der Waals surface area (Å²) in [6, 6.07) is 15.6. The lowest BCUT2D eigenvalue weighted by Crippen LogP contribution is -2.42. The Kier molecular flexibility index (Phi) is 5.56. The third kappa shape index (κ3) is 4.73. The van der Waals surface area contributed by atoms with Crippen LogP contribution in [-0.2, 0) is 6.42 Å². The number of benzene rings is 2. The number of aliphatic hydroxyl groups excluding tert-OH is 1. The van der Waals surface area contributed by atoms with Gasteiger partial charge in [-0.05, 0) is 48.6 Å². The number of hydrogen-bond acceptors (Lipinski definition) is 3. The minimum atomic E-state index is -0.762. The zero-order valence-corrected chi connectivity index (χ0v) is 14.4. The Morgan fingerprint density at radius 3 is 2.96 bits per heavy atom. The van der Waals surface area contributed by atoms with Crippen LogP contribution in [0.5, 0.6) is 5.75 Å². The van der Waals surface area contributed by atoms with E-state index in [-0.39, 0.29) is 25.2 Å². The molecule has 0 radical (unpaired) electrons. The molecule has 0 saturated carbocycles. The molecule has 0 fully saturated rings. The van der Waals surface area contributed by atoms with Gasteiger partial charge in [0.2, 0.25) is 0 Å². The fraction of sp³-hybridized carbons (Fsp3) is 0.350.